The number of likely N-dealkylation sites (tertiary alicyclic amines) is 1. The van der Waals surface area contributed by atoms with E-state index in [4.69, 9.17) is 0 Å². The molecule has 1 aromatic heterocycles. The number of amides is 1. The Labute approximate surface area is 191 Å². The summed E-state index contributed by atoms with van der Waals surface area (Å²) in [5.41, 5.74) is 3.46. The topological polar surface area (TPSA) is 71.5 Å². The predicted molar refractivity (Wildman–Crippen MR) is 129 cm³/mol. The average Bonchev–Trinajstić information content (AvgIpc) is 3.20. The monoisotopic (exact) mass is 449 g/mol. The number of ether oxygens (including phenoxy) is 1. The summed E-state index contributed by atoms with van der Waals surface area (Å²) in [5.74, 6) is 0.196. The number of hydrogen-bond acceptors (Lipinski definition) is 6. The molecule has 166 valence electrons. The van der Waals surface area contributed by atoms with Crippen molar-refractivity contribution in [3.63, 3.8) is 0 Å². The first kappa shape index (κ1) is 22.2. The molecule has 7 heteroatoms. The van der Waals surface area contributed by atoms with Crippen LogP contribution in [-0.4, -0.2) is 42.0 Å². The first-order chi connectivity index (χ1) is 15.5. The summed E-state index contributed by atoms with van der Waals surface area (Å²) < 4.78 is 5.76. The number of thiazole rings is 1. The Morgan fingerprint density at radius 1 is 1.19 bits per heavy atom. The summed E-state index contributed by atoms with van der Waals surface area (Å²) >= 11 is 1.48. The number of nitrogens with one attached hydrogen (secondary N) is 1. The molecule has 0 radical (unpaired) electrons. The van der Waals surface area contributed by atoms with Gasteiger partial charge in [-0.25, -0.2) is 9.78 Å². The Morgan fingerprint density at radius 3 is 2.66 bits per heavy atom. The second kappa shape index (κ2) is 10.1. The molecule has 0 spiro atoms. The number of aromatic nitrogens is 1. The first-order valence-electron chi connectivity index (χ1n) is 10.8. The minimum atomic E-state index is -0.386. The third kappa shape index (κ3) is 5.60. The van der Waals surface area contributed by atoms with Gasteiger partial charge in [0.05, 0.1) is 22.9 Å². The van der Waals surface area contributed by atoms with Crippen LogP contribution in [0.5, 0.6) is 0 Å². The molecule has 6 nitrogen and oxygen atoms in total. The van der Waals surface area contributed by atoms with Crippen LogP contribution in [0, 0.1) is 5.92 Å². The lowest BCUT2D eigenvalue weighted by Gasteiger charge is -2.30. The highest BCUT2D eigenvalue weighted by atomic mass is 32.1. The van der Waals surface area contributed by atoms with Crippen LogP contribution in [0.3, 0.4) is 0 Å². The maximum absolute atomic E-state index is 12.3. The zero-order valence-corrected chi connectivity index (χ0v) is 19.2. The van der Waals surface area contributed by atoms with Crippen LogP contribution >= 0.6 is 11.3 Å². The molecule has 2 aromatic carbocycles. The van der Waals surface area contributed by atoms with E-state index in [9.17, 15) is 9.59 Å². The second-order valence-electron chi connectivity index (χ2n) is 8.22. The highest BCUT2D eigenvalue weighted by Crippen LogP contribution is 2.28. The second-order valence-corrected chi connectivity index (χ2v) is 9.25. The van der Waals surface area contributed by atoms with Crippen molar-refractivity contribution in [3.8, 4) is 0 Å². The Bertz CT molecular complexity index is 1130. The van der Waals surface area contributed by atoms with Crippen LogP contribution in [-0.2, 0) is 16.1 Å². The van der Waals surface area contributed by atoms with E-state index >= 15 is 0 Å². The standard InChI is InChI=1S/C25H27N3O3S/c1-17-11-13-28(14-12-17)16-19-5-9-21-22(15-19)32-25(26-21)27-23(29)10-6-18-3-7-20(8-4-18)24(30)31-2/h3-10,15,17H,11-14,16H2,1-2H3,(H,26,27,29)/b10-6+. The Hall–Kier alpha value is -3.03. The van der Waals surface area contributed by atoms with Crippen molar-refractivity contribution in [2.75, 3.05) is 25.5 Å². The fraction of sp³-hybridized carbons (Fsp3) is 0.320. The molecule has 0 unspecified atom stereocenters. The van der Waals surface area contributed by atoms with Crippen LogP contribution in [0.15, 0.2) is 48.5 Å². The number of carbonyl (C=O) groups excluding carboxylic acids is 2. The van der Waals surface area contributed by atoms with Crippen LogP contribution < -0.4 is 5.32 Å². The predicted octanol–water partition coefficient (Wildman–Crippen LogP) is 4.97. The summed E-state index contributed by atoms with van der Waals surface area (Å²) in [5, 5.41) is 3.43. The molecular weight excluding hydrogens is 422 g/mol. The molecule has 4 rings (SSSR count). The van der Waals surface area contributed by atoms with E-state index in [1.807, 2.05) is 6.07 Å². The van der Waals surface area contributed by atoms with Gasteiger partial charge in [-0.3, -0.25) is 15.0 Å². The van der Waals surface area contributed by atoms with E-state index in [-0.39, 0.29) is 11.9 Å². The van der Waals surface area contributed by atoms with Gasteiger partial charge < -0.3 is 4.74 Å². The molecular formula is C25H27N3O3S. The summed E-state index contributed by atoms with van der Waals surface area (Å²) in [6.07, 6.45) is 5.69. The van der Waals surface area contributed by atoms with E-state index in [2.05, 4.69) is 39.0 Å². The number of anilines is 1. The molecule has 1 aliphatic heterocycles. The van der Waals surface area contributed by atoms with Gasteiger partial charge in [-0.2, -0.15) is 0 Å². The van der Waals surface area contributed by atoms with Gasteiger partial charge in [0.2, 0.25) is 5.91 Å². The zero-order valence-electron chi connectivity index (χ0n) is 18.3. The van der Waals surface area contributed by atoms with E-state index in [0.717, 1.165) is 41.3 Å². The SMILES string of the molecule is COC(=O)c1ccc(/C=C/C(=O)Nc2nc3ccc(CN4CCC(C)CC4)cc3s2)cc1. The highest BCUT2D eigenvalue weighted by Gasteiger charge is 2.16. The van der Waals surface area contributed by atoms with Crippen LogP contribution in [0.1, 0.15) is 41.3 Å². The highest BCUT2D eigenvalue weighted by molar-refractivity contribution is 7.22. The van der Waals surface area contributed by atoms with Crippen molar-refractivity contribution in [1.82, 2.24) is 9.88 Å². The molecule has 0 saturated carbocycles. The number of benzene rings is 2. The normalized spacial score (nSPS) is 15.3. The van der Waals surface area contributed by atoms with E-state index < -0.39 is 0 Å². The molecule has 0 atom stereocenters. The molecule has 1 saturated heterocycles. The summed E-state index contributed by atoms with van der Waals surface area (Å²) in [6.45, 7) is 5.59. The number of rotatable bonds is 6. The lowest BCUT2D eigenvalue weighted by molar-refractivity contribution is -0.111. The third-order valence-corrected chi connectivity index (χ3v) is 6.66. The summed E-state index contributed by atoms with van der Waals surface area (Å²) in [4.78, 5) is 30.9. The maximum atomic E-state index is 12.3. The van der Waals surface area contributed by atoms with Gasteiger partial charge >= 0.3 is 5.97 Å². The fourth-order valence-corrected chi connectivity index (χ4v) is 4.70. The molecule has 1 N–H and O–H groups in total. The average molecular weight is 450 g/mol. The van der Waals surface area contributed by atoms with Crippen LogP contribution in [0.2, 0.25) is 0 Å². The number of fused-ring (bicyclic) bond motifs is 1. The van der Waals surface area contributed by atoms with E-state index in [1.165, 1.54) is 42.9 Å². The Morgan fingerprint density at radius 2 is 1.94 bits per heavy atom. The van der Waals surface area contributed by atoms with Gasteiger partial charge in [0.1, 0.15) is 0 Å². The van der Waals surface area contributed by atoms with Gasteiger partial charge in [0, 0.05) is 12.6 Å². The van der Waals surface area contributed by atoms with Crippen molar-refractivity contribution in [2.45, 2.75) is 26.3 Å². The Balaban J connectivity index is 1.36. The lowest BCUT2D eigenvalue weighted by atomic mass is 9.99. The van der Waals surface area contributed by atoms with Crippen molar-refractivity contribution in [2.24, 2.45) is 5.92 Å². The first-order valence-corrected chi connectivity index (χ1v) is 11.6. The van der Waals surface area contributed by atoms with Crippen LogP contribution in [0.4, 0.5) is 5.13 Å². The van der Waals surface area contributed by atoms with Crippen LogP contribution in [0.25, 0.3) is 16.3 Å². The van der Waals surface area contributed by atoms with Gasteiger partial charge in [-0.05, 0) is 73.3 Å². The fourth-order valence-electron chi connectivity index (χ4n) is 3.77. The van der Waals surface area contributed by atoms with E-state index in [1.54, 1.807) is 30.3 Å². The smallest absolute Gasteiger partial charge is 0.337 e. The molecule has 2 heterocycles. The number of piperidine rings is 1. The molecule has 0 aliphatic carbocycles. The maximum Gasteiger partial charge on any atom is 0.337 e. The van der Waals surface area contributed by atoms with Gasteiger partial charge in [-0.15, -0.1) is 0 Å². The number of nitrogens with zero attached hydrogens (tertiary/aromatic N) is 2. The van der Waals surface area contributed by atoms with Crippen molar-refractivity contribution >= 4 is 44.6 Å². The van der Waals surface area contributed by atoms with Crippen molar-refractivity contribution in [1.29, 1.82) is 0 Å². The molecule has 1 amide bonds. The minimum Gasteiger partial charge on any atom is -0.465 e. The minimum absolute atomic E-state index is 0.247. The zero-order chi connectivity index (χ0) is 22.5. The quantitative estimate of drug-likeness (QED) is 0.425. The number of esters is 1. The van der Waals surface area contributed by atoms with Gasteiger partial charge in [-0.1, -0.05) is 36.5 Å². The largest absolute Gasteiger partial charge is 0.465 e. The summed E-state index contributed by atoms with van der Waals surface area (Å²) in [6, 6.07) is 13.2. The number of methoxy groups -OCH3 is 1. The van der Waals surface area contributed by atoms with Crippen molar-refractivity contribution < 1.29 is 14.3 Å². The van der Waals surface area contributed by atoms with E-state index in [0.29, 0.717) is 10.7 Å². The summed E-state index contributed by atoms with van der Waals surface area (Å²) in [7, 11) is 1.35. The molecule has 1 aliphatic rings. The van der Waals surface area contributed by atoms with Gasteiger partial charge in [0.25, 0.3) is 0 Å². The van der Waals surface area contributed by atoms with Gasteiger partial charge in [0.15, 0.2) is 5.13 Å². The third-order valence-electron chi connectivity index (χ3n) is 5.72. The van der Waals surface area contributed by atoms with Crippen molar-refractivity contribution in [3.05, 3.63) is 65.2 Å². The molecule has 32 heavy (non-hydrogen) atoms. The molecule has 3 aromatic rings. The number of carbonyl (C=O) groups is 2. The molecule has 0 bridgehead atoms. The molecule has 1 fully saturated rings. The Kier molecular flexibility index (Phi) is 6.97. The number of hydrogen-bond donors (Lipinski definition) is 1. The lowest BCUT2D eigenvalue weighted by Crippen LogP contribution is -2.32.